The Labute approximate surface area is 85.1 Å². The average Bonchev–Trinajstić information content (AvgIpc) is 2.15. The highest BCUT2D eigenvalue weighted by Gasteiger charge is 2.18. The number of carboxylic acid groups (broad SMARTS) is 1. The van der Waals surface area contributed by atoms with Crippen LogP contribution in [-0.4, -0.2) is 35.1 Å². The molecule has 0 radical (unpaired) electrons. The van der Waals surface area contributed by atoms with E-state index in [4.69, 9.17) is 10.4 Å². The summed E-state index contributed by atoms with van der Waals surface area (Å²) in [5.41, 5.74) is 0. The first-order valence-electron chi connectivity index (χ1n) is 4.86. The quantitative estimate of drug-likeness (QED) is 0.654. The molecule has 0 aliphatic heterocycles. The summed E-state index contributed by atoms with van der Waals surface area (Å²) in [7, 11) is 0. The molecular formula is C10H18N2O2. The minimum absolute atomic E-state index is 0.261. The van der Waals surface area contributed by atoms with Gasteiger partial charge >= 0.3 is 5.97 Å². The lowest BCUT2D eigenvalue weighted by molar-refractivity contribution is -0.141. The average molecular weight is 198 g/mol. The highest BCUT2D eigenvalue weighted by Crippen LogP contribution is 2.07. The van der Waals surface area contributed by atoms with E-state index in [9.17, 15) is 4.79 Å². The molecule has 4 heteroatoms. The van der Waals surface area contributed by atoms with Gasteiger partial charge in [-0.05, 0) is 13.3 Å². The van der Waals surface area contributed by atoms with Crippen molar-refractivity contribution >= 4 is 5.97 Å². The Hall–Kier alpha value is -1.08. The molecule has 0 fully saturated rings. The smallest absolute Gasteiger partial charge is 0.307 e. The van der Waals surface area contributed by atoms with Crippen LogP contribution in [0.25, 0.3) is 0 Å². The van der Waals surface area contributed by atoms with E-state index in [1.54, 1.807) is 6.92 Å². The summed E-state index contributed by atoms with van der Waals surface area (Å²) in [5, 5.41) is 17.3. The third-order valence-corrected chi connectivity index (χ3v) is 2.42. The van der Waals surface area contributed by atoms with Crippen molar-refractivity contribution < 1.29 is 9.90 Å². The number of hydrogen-bond acceptors (Lipinski definition) is 3. The van der Waals surface area contributed by atoms with Gasteiger partial charge in [-0.1, -0.05) is 13.8 Å². The van der Waals surface area contributed by atoms with Gasteiger partial charge in [0, 0.05) is 12.6 Å². The molecule has 14 heavy (non-hydrogen) atoms. The van der Waals surface area contributed by atoms with Gasteiger partial charge in [-0.2, -0.15) is 5.26 Å². The Morgan fingerprint density at radius 3 is 2.50 bits per heavy atom. The predicted octanol–water partition coefficient (Wildman–Crippen LogP) is 1.33. The van der Waals surface area contributed by atoms with Crippen LogP contribution in [-0.2, 0) is 4.79 Å². The molecule has 1 N–H and O–H groups in total. The maximum Gasteiger partial charge on any atom is 0.307 e. The first kappa shape index (κ1) is 12.9. The Bertz CT molecular complexity index is 223. The van der Waals surface area contributed by atoms with E-state index in [1.165, 1.54) is 0 Å². The van der Waals surface area contributed by atoms with Crippen molar-refractivity contribution in [1.29, 1.82) is 5.26 Å². The van der Waals surface area contributed by atoms with Gasteiger partial charge in [0.05, 0.1) is 18.5 Å². The zero-order valence-corrected chi connectivity index (χ0v) is 9.03. The Balaban J connectivity index is 4.23. The van der Waals surface area contributed by atoms with Crippen molar-refractivity contribution in [2.45, 2.75) is 33.2 Å². The molecule has 2 atom stereocenters. The summed E-state index contributed by atoms with van der Waals surface area (Å²) in [4.78, 5) is 12.5. The highest BCUT2D eigenvalue weighted by molar-refractivity contribution is 5.69. The van der Waals surface area contributed by atoms with Gasteiger partial charge in [0.15, 0.2) is 0 Å². The number of rotatable bonds is 6. The Morgan fingerprint density at radius 2 is 2.14 bits per heavy atom. The second-order valence-corrected chi connectivity index (χ2v) is 3.58. The molecule has 0 aliphatic rings. The molecule has 0 aromatic rings. The second-order valence-electron chi connectivity index (χ2n) is 3.58. The maximum atomic E-state index is 10.6. The summed E-state index contributed by atoms with van der Waals surface area (Å²) in [5.74, 6) is -1.23. The van der Waals surface area contributed by atoms with Crippen LogP contribution in [0.15, 0.2) is 0 Å². The van der Waals surface area contributed by atoms with E-state index in [0.29, 0.717) is 13.1 Å². The molecule has 0 heterocycles. The predicted molar refractivity (Wildman–Crippen MR) is 53.7 cm³/mol. The van der Waals surface area contributed by atoms with Crippen molar-refractivity contribution in [2.24, 2.45) is 5.92 Å². The lowest BCUT2D eigenvalue weighted by atomic mass is 10.1. The zero-order chi connectivity index (χ0) is 11.1. The summed E-state index contributed by atoms with van der Waals surface area (Å²) >= 11 is 0. The molecule has 0 spiro atoms. The van der Waals surface area contributed by atoms with Gasteiger partial charge < -0.3 is 5.11 Å². The van der Waals surface area contributed by atoms with E-state index in [-0.39, 0.29) is 6.04 Å². The van der Waals surface area contributed by atoms with Crippen LogP contribution in [0, 0.1) is 17.2 Å². The maximum absolute atomic E-state index is 10.6. The number of carbonyl (C=O) groups is 1. The molecule has 0 aromatic carbocycles. The van der Waals surface area contributed by atoms with Crippen LogP contribution in [0.5, 0.6) is 0 Å². The van der Waals surface area contributed by atoms with Crippen LogP contribution in [0.3, 0.4) is 0 Å². The second kappa shape index (κ2) is 6.39. The van der Waals surface area contributed by atoms with Crippen LogP contribution in [0.1, 0.15) is 27.2 Å². The van der Waals surface area contributed by atoms with Crippen molar-refractivity contribution in [1.82, 2.24) is 4.90 Å². The SMILES string of the molecule is CCC(C)N(CC#N)CC(C)C(=O)O. The lowest BCUT2D eigenvalue weighted by Crippen LogP contribution is -2.38. The minimum Gasteiger partial charge on any atom is -0.481 e. The molecular weight excluding hydrogens is 180 g/mol. The number of nitriles is 1. The van der Waals surface area contributed by atoms with Gasteiger partial charge in [-0.25, -0.2) is 0 Å². The van der Waals surface area contributed by atoms with Crippen molar-refractivity contribution in [3.8, 4) is 6.07 Å². The van der Waals surface area contributed by atoms with Gasteiger partial charge in [0.25, 0.3) is 0 Å². The van der Waals surface area contributed by atoms with Crippen molar-refractivity contribution in [3.63, 3.8) is 0 Å². The summed E-state index contributed by atoms with van der Waals surface area (Å²) in [6.45, 7) is 6.44. The monoisotopic (exact) mass is 198 g/mol. The summed E-state index contributed by atoms with van der Waals surface area (Å²) in [6, 6.07) is 2.32. The number of hydrogen-bond donors (Lipinski definition) is 1. The van der Waals surface area contributed by atoms with Crippen LogP contribution in [0.4, 0.5) is 0 Å². The largest absolute Gasteiger partial charge is 0.481 e. The molecule has 0 amide bonds. The minimum atomic E-state index is -0.809. The molecule has 2 unspecified atom stereocenters. The molecule has 0 saturated carbocycles. The van der Waals surface area contributed by atoms with Crippen LogP contribution < -0.4 is 0 Å². The zero-order valence-electron chi connectivity index (χ0n) is 9.03. The molecule has 0 bridgehead atoms. The van der Waals surface area contributed by atoms with E-state index >= 15 is 0 Å². The van der Waals surface area contributed by atoms with E-state index in [1.807, 2.05) is 18.7 Å². The van der Waals surface area contributed by atoms with E-state index < -0.39 is 11.9 Å². The van der Waals surface area contributed by atoms with Gasteiger partial charge in [0.2, 0.25) is 0 Å². The fourth-order valence-corrected chi connectivity index (χ4v) is 1.18. The van der Waals surface area contributed by atoms with E-state index in [2.05, 4.69) is 6.07 Å². The van der Waals surface area contributed by atoms with E-state index in [0.717, 1.165) is 6.42 Å². The van der Waals surface area contributed by atoms with Crippen molar-refractivity contribution in [2.75, 3.05) is 13.1 Å². The highest BCUT2D eigenvalue weighted by atomic mass is 16.4. The Kier molecular flexibility index (Phi) is 5.89. The molecule has 0 rings (SSSR count). The number of carboxylic acids is 1. The molecule has 0 aromatic heterocycles. The summed E-state index contributed by atoms with van der Waals surface area (Å²) in [6.07, 6.45) is 0.925. The fraction of sp³-hybridized carbons (Fsp3) is 0.800. The normalized spacial score (nSPS) is 14.8. The standard InChI is InChI=1S/C10H18N2O2/c1-4-9(3)12(6-5-11)7-8(2)10(13)14/h8-9H,4,6-7H2,1-3H3,(H,13,14). The first-order valence-corrected chi connectivity index (χ1v) is 4.86. The number of nitrogens with zero attached hydrogens (tertiary/aromatic N) is 2. The first-order chi connectivity index (χ1) is 6.52. The lowest BCUT2D eigenvalue weighted by Gasteiger charge is -2.27. The fourth-order valence-electron chi connectivity index (χ4n) is 1.18. The van der Waals surface area contributed by atoms with Crippen molar-refractivity contribution in [3.05, 3.63) is 0 Å². The summed E-state index contributed by atoms with van der Waals surface area (Å²) < 4.78 is 0. The third kappa shape index (κ3) is 4.24. The van der Waals surface area contributed by atoms with Crippen LogP contribution in [0.2, 0.25) is 0 Å². The number of aliphatic carboxylic acids is 1. The van der Waals surface area contributed by atoms with Crippen LogP contribution >= 0.6 is 0 Å². The molecule has 4 nitrogen and oxygen atoms in total. The Morgan fingerprint density at radius 1 is 1.57 bits per heavy atom. The molecule has 0 aliphatic carbocycles. The topological polar surface area (TPSA) is 64.3 Å². The van der Waals surface area contributed by atoms with Gasteiger partial charge in [-0.15, -0.1) is 0 Å². The third-order valence-electron chi connectivity index (χ3n) is 2.42. The van der Waals surface area contributed by atoms with Gasteiger partial charge in [-0.3, -0.25) is 9.69 Å². The molecule has 0 saturated heterocycles. The van der Waals surface area contributed by atoms with Gasteiger partial charge in [0.1, 0.15) is 0 Å². The molecule has 80 valence electrons.